The molecule has 1 amide bonds. The van der Waals surface area contributed by atoms with Gasteiger partial charge in [0.2, 0.25) is 12.1 Å². The fourth-order valence-corrected chi connectivity index (χ4v) is 5.82. The Morgan fingerprint density at radius 2 is 1.34 bits per heavy atom. The molecule has 1 aliphatic heterocycles. The fourth-order valence-electron chi connectivity index (χ4n) is 4.74. The van der Waals surface area contributed by atoms with E-state index in [0.717, 1.165) is 19.5 Å². The van der Waals surface area contributed by atoms with Crippen LogP contribution in [0.4, 0.5) is 0 Å². The molecule has 1 aromatic heterocycles. The van der Waals surface area contributed by atoms with Crippen LogP contribution < -0.4 is 21.5 Å². The molecule has 2 rings (SSSR count). The zero-order valence-corrected chi connectivity index (χ0v) is 23.4. The highest BCUT2D eigenvalue weighted by molar-refractivity contribution is 7.09. The molecule has 0 aliphatic carbocycles. The SMILES string of the molecule is CCCCCCCCc1sc[n+](CC(=O)N2CCCCCC2)c1CCCCCCCC.[Br-]. The minimum Gasteiger partial charge on any atom is -1.00 e. The van der Waals surface area contributed by atoms with Crippen molar-refractivity contribution in [2.75, 3.05) is 13.1 Å². The third-order valence-electron chi connectivity index (χ3n) is 6.78. The third kappa shape index (κ3) is 11.6. The maximum atomic E-state index is 13.0. The first kappa shape index (κ1) is 29.6. The van der Waals surface area contributed by atoms with Crippen molar-refractivity contribution in [2.24, 2.45) is 0 Å². The van der Waals surface area contributed by atoms with Crippen molar-refractivity contribution in [1.29, 1.82) is 0 Å². The molecule has 3 nitrogen and oxygen atoms in total. The second-order valence-corrected chi connectivity index (χ2v) is 10.5. The van der Waals surface area contributed by atoms with E-state index in [1.807, 2.05) is 11.3 Å². The number of carbonyl (C=O) groups excluding carboxylic acids is 1. The number of hydrogen-bond acceptors (Lipinski definition) is 2. The first-order valence-electron chi connectivity index (χ1n) is 13.5. The number of likely N-dealkylation sites (tertiary alicyclic amines) is 1. The highest BCUT2D eigenvalue weighted by Gasteiger charge is 2.25. The quantitative estimate of drug-likeness (QED) is 0.232. The molecule has 0 atom stereocenters. The summed E-state index contributed by atoms with van der Waals surface area (Å²) in [6, 6.07) is 0. The Balaban J connectivity index is 0.00000512. The van der Waals surface area contributed by atoms with E-state index in [9.17, 15) is 4.79 Å². The van der Waals surface area contributed by atoms with Gasteiger partial charge in [-0.15, -0.1) is 0 Å². The van der Waals surface area contributed by atoms with E-state index >= 15 is 0 Å². The normalized spacial score (nSPS) is 14.2. The van der Waals surface area contributed by atoms with Gasteiger partial charge in [-0.2, -0.15) is 4.57 Å². The maximum absolute atomic E-state index is 13.0. The molecule has 0 saturated carbocycles. The number of rotatable bonds is 16. The maximum Gasteiger partial charge on any atom is 0.288 e. The number of unbranched alkanes of at least 4 members (excludes halogenated alkanes) is 10. The van der Waals surface area contributed by atoms with Gasteiger partial charge in [-0.3, -0.25) is 4.79 Å². The first-order chi connectivity index (χ1) is 15.3. The van der Waals surface area contributed by atoms with Gasteiger partial charge < -0.3 is 21.9 Å². The summed E-state index contributed by atoms with van der Waals surface area (Å²) in [5.41, 5.74) is 3.71. The molecule has 1 fully saturated rings. The summed E-state index contributed by atoms with van der Waals surface area (Å²) >= 11 is 1.90. The predicted molar refractivity (Wildman–Crippen MR) is 134 cm³/mol. The smallest absolute Gasteiger partial charge is 0.288 e. The van der Waals surface area contributed by atoms with Gasteiger partial charge in [0.05, 0.1) is 4.88 Å². The molecular weight excluding hydrogens is 480 g/mol. The van der Waals surface area contributed by atoms with Crippen LogP contribution in [0.2, 0.25) is 0 Å². The van der Waals surface area contributed by atoms with E-state index in [1.54, 1.807) is 4.88 Å². The van der Waals surface area contributed by atoms with E-state index < -0.39 is 0 Å². The summed E-state index contributed by atoms with van der Waals surface area (Å²) < 4.78 is 2.32. The Kier molecular flexibility index (Phi) is 17.5. The van der Waals surface area contributed by atoms with Crippen molar-refractivity contribution < 1.29 is 26.3 Å². The van der Waals surface area contributed by atoms with E-state index in [-0.39, 0.29) is 17.0 Å². The largest absolute Gasteiger partial charge is 1.00 e. The second-order valence-electron chi connectivity index (χ2n) is 9.55. The fraction of sp³-hybridized carbons (Fsp3) is 0.852. The first-order valence-corrected chi connectivity index (χ1v) is 14.4. The molecule has 32 heavy (non-hydrogen) atoms. The standard InChI is InChI=1S/C27H49N2OS.BrH/c1-3-5-7-9-11-15-19-25-26(20-16-12-10-8-6-4-2)31-24-29(25)23-27(30)28-21-17-13-14-18-22-28;/h24H,3-23H2,1-2H3;1H/q+1;/p-1. The van der Waals surface area contributed by atoms with Crippen molar-refractivity contribution in [3.05, 3.63) is 16.1 Å². The Labute approximate surface area is 213 Å². The minimum atomic E-state index is 0. The minimum absolute atomic E-state index is 0. The summed E-state index contributed by atoms with van der Waals surface area (Å²) in [6.45, 7) is 7.04. The van der Waals surface area contributed by atoms with Crippen molar-refractivity contribution in [3.8, 4) is 0 Å². The Morgan fingerprint density at radius 1 is 0.812 bits per heavy atom. The van der Waals surface area contributed by atoms with Gasteiger partial charge >= 0.3 is 0 Å². The van der Waals surface area contributed by atoms with E-state index in [0.29, 0.717) is 12.5 Å². The summed E-state index contributed by atoms with van der Waals surface area (Å²) in [4.78, 5) is 16.7. The van der Waals surface area contributed by atoms with Crippen LogP contribution in [0, 0.1) is 0 Å². The third-order valence-corrected chi connectivity index (χ3v) is 7.86. The van der Waals surface area contributed by atoms with Crippen LogP contribution in [0.15, 0.2) is 5.51 Å². The molecule has 0 spiro atoms. The van der Waals surface area contributed by atoms with Crippen molar-refractivity contribution in [1.82, 2.24) is 4.90 Å². The zero-order chi connectivity index (χ0) is 22.2. The number of thiazole rings is 1. The summed E-state index contributed by atoms with van der Waals surface area (Å²) in [5.74, 6) is 0.333. The number of aryl methyl sites for hydroxylation is 1. The lowest BCUT2D eigenvalue weighted by atomic mass is 10.0. The lowest BCUT2D eigenvalue weighted by Crippen LogP contribution is -3.00. The molecule has 0 aromatic carbocycles. The van der Waals surface area contributed by atoms with Gasteiger partial charge in [0.15, 0.2) is 5.69 Å². The number of hydrogen-bond donors (Lipinski definition) is 0. The molecule has 0 bridgehead atoms. The van der Waals surface area contributed by atoms with Crippen molar-refractivity contribution in [2.45, 2.75) is 136 Å². The number of carbonyl (C=O) groups is 1. The van der Waals surface area contributed by atoms with E-state index in [4.69, 9.17) is 0 Å². The number of nitrogens with zero attached hydrogens (tertiary/aromatic N) is 2. The second kappa shape index (κ2) is 18.9. The van der Waals surface area contributed by atoms with Crippen LogP contribution in [0.25, 0.3) is 0 Å². The molecule has 1 aliphatic rings. The monoisotopic (exact) mass is 528 g/mol. The molecule has 5 heteroatoms. The van der Waals surface area contributed by atoms with Gasteiger partial charge in [0, 0.05) is 19.5 Å². The molecule has 1 saturated heterocycles. The summed E-state index contributed by atoms with van der Waals surface area (Å²) in [7, 11) is 0. The van der Waals surface area contributed by atoms with Gasteiger partial charge in [0.25, 0.3) is 5.91 Å². The average molecular weight is 530 g/mol. The highest BCUT2D eigenvalue weighted by Crippen LogP contribution is 2.20. The van der Waals surface area contributed by atoms with Gasteiger partial charge in [-0.25, -0.2) is 0 Å². The Morgan fingerprint density at radius 3 is 1.94 bits per heavy atom. The Bertz CT molecular complexity index is 596. The number of halogens is 1. The van der Waals surface area contributed by atoms with Gasteiger partial charge in [-0.1, -0.05) is 102 Å². The van der Waals surface area contributed by atoms with Crippen LogP contribution in [0.3, 0.4) is 0 Å². The molecule has 2 heterocycles. The van der Waals surface area contributed by atoms with E-state index in [2.05, 4.69) is 28.8 Å². The molecular formula is C27H49BrN2OS. The molecule has 0 unspecified atom stereocenters. The number of amides is 1. The van der Waals surface area contributed by atoms with Crippen LogP contribution in [0.1, 0.15) is 127 Å². The van der Waals surface area contributed by atoms with Crippen LogP contribution in [-0.4, -0.2) is 23.9 Å². The predicted octanol–water partition coefficient (Wildman–Crippen LogP) is 4.25. The highest BCUT2D eigenvalue weighted by atomic mass is 79.9. The molecule has 0 radical (unpaired) electrons. The van der Waals surface area contributed by atoms with Crippen molar-refractivity contribution >= 4 is 17.2 Å². The van der Waals surface area contributed by atoms with Crippen LogP contribution >= 0.6 is 11.3 Å². The van der Waals surface area contributed by atoms with Gasteiger partial charge in [-0.05, 0) is 32.1 Å². The lowest BCUT2D eigenvalue weighted by molar-refractivity contribution is -0.688. The lowest BCUT2D eigenvalue weighted by Gasteiger charge is -2.18. The van der Waals surface area contributed by atoms with Crippen LogP contribution in [0.5, 0.6) is 0 Å². The summed E-state index contributed by atoms with van der Waals surface area (Å²) in [6.07, 6.45) is 23.4. The molecule has 0 N–H and O–H groups in total. The van der Waals surface area contributed by atoms with Gasteiger partial charge in [0.1, 0.15) is 0 Å². The molecule has 1 aromatic rings. The van der Waals surface area contributed by atoms with E-state index in [1.165, 1.54) is 115 Å². The van der Waals surface area contributed by atoms with Crippen molar-refractivity contribution in [3.63, 3.8) is 0 Å². The number of aromatic nitrogens is 1. The summed E-state index contributed by atoms with van der Waals surface area (Å²) in [5, 5.41) is 0. The topological polar surface area (TPSA) is 24.2 Å². The zero-order valence-electron chi connectivity index (χ0n) is 21.0. The molecule has 186 valence electrons. The average Bonchev–Trinajstić information content (AvgIpc) is 2.97. The van der Waals surface area contributed by atoms with Crippen LogP contribution in [-0.2, 0) is 24.2 Å². The Hall–Kier alpha value is -0.420.